The van der Waals surface area contributed by atoms with Gasteiger partial charge in [0.25, 0.3) is 0 Å². The standard InChI is InChI=1S/C15H25NO4/c1-5-9-19-14(18)12-7-6-8-16(10-12)11-13(17)20-15(2,3)4/h5,12H,1,6-11H2,2-4H3. The third kappa shape index (κ3) is 6.19. The number of hydrogen-bond donors (Lipinski definition) is 0. The summed E-state index contributed by atoms with van der Waals surface area (Å²) >= 11 is 0. The van der Waals surface area contributed by atoms with Gasteiger partial charge in [-0.3, -0.25) is 14.5 Å². The van der Waals surface area contributed by atoms with Gasteiger partial charge in [-0.2, -0.15) is 0 Å². The molecule has 5 nitrogen and oxygen atoms in total. The molecule has 0 aromatic rings. The molecular weight excluding hydrogens is 258 g/mol. The molecule has 1 heterocycles. The number of nitrogens with zero attached hydrogens (tertiary/aromatic N) is 1. The van der Waals surface area contributed by atoms with Crippen LogP contribution in [0.2, 0.25) is 0 Å². The molecule has 0 amide bonds. The van der Waals surface area contributed by atoms with E-state index >= 15 is 0 Å². The number of carbonyl (C=O) groups excluding carboxylic acids is 2. The van der Waals surface area contributed by atoms with Crippen molar-refractivity contribution in [2.75, 3.05) is 26.2 Å². The lowest BCUT2D eigenvalue weighted by Gasteiger charge is -2.31. The Labute approximate surface area is 120 Å². The Bertz CT molecular complexity index is 359. The van der Waals surface area contributed by atoms with Crippen LogP contribution in [0.3, 0.4) is 0 Å². The molecule has 20 heavy (non-hydrogen) atoms. The fourth-order valence-corrected chi connectivity index (χ4v) is 2.21. The number of hydrogen-bond acceptors (Lipinski definition) is 5. The lowest BCUT2D eigenvalue weighted by atomic mass is 9.98. The van der Waals surface area contributed by atoms with Gasteiger partial charge < -0.3 is 9.47 Å². The van der Waals surface area contributed by atoms with E-state index in [2.05, 4.69) is 6.58 Å². The number of piperidine rings is 1. The minimum Gasteiger partial charge on any atom is -0.461 e. The van der Waals surface area contributed by atoms with Crippen molar-refractivity contribution in [3.05, 3.63) is 12.7 Å². The van der Waals surface area contributed by atoms with Gasteiger partial charge in [0.1, 0.15) is 12.2 Å². The monoisotopic (exact) mass is 283 g/mol. The van der Waals surface area contributed by atoms with Gasteiger partial charge in [-0.1, -0.05) is 12.7 Å². The molecule has 0 saturated carbocycles. The smallest absolute Gasteiger partial charge is 0.320 e. The van der Waals surface area contributed by atoms with Gasteiger partial charge in [0, 0.05) is 6.54 Å². The van der Waals surface area contributed by atoms with Crippen LogP contribution in [0, 0.1) is 5.92 Å². The normalized spacial score (nSPS) is 20.2. The lowest BCUT2D eigenvalue weighted by molar-refractivity contribution is -0.158. The number of ether oxygens (including phenoxy) is 2. The first kappa shape index (κ1) is 16.7. The molecule has 114 valence electrons. The van der Waals surface area contributed by atoms with E-state index in [0.29, 0.717) is 6.54 Å². The number of carbonyl (C=O) groups is 2. The summed E-state index contributed by atoms with van der Waals surface area (Å²) in [5.41, 5.74) is -0.477. The van der Waals surface area contributed by atoms with Gasteiger partial charge in [0.15, 0.2) is 0 Å². The predicted molar refractivity (Wildman–Crippen MR) is 76.2 cm³/mol. The predicted octanol–water partition coefficient (Wildman–Crippen LogP) is 1.77. The zero-order valence-electron chi connectivity index (χ0n) is 12.7. The van der Waals surface area contributed by atoms with Gasteiger partial charge >= 0.3 is 11.9 Å². The molecule has 1 atom stereocenters. The number of likely N-dealkylation sites (tertiary alicyclic amines) is 1. The fourth-order valence-electron chi connectivity index (χ4n) is 2.21. The van der Waals surface area contributed by atoms with E-state index in [0.717, 1.165) is 19.4 Å². The summed E-state index contributed by atoms with van der Waals surface area (Å²) in [7, 11) is 0. The molecule has 1 rings (SSSR count). The first-order valence-corrected chi connectivity index (χ1v) is 7.03. The van der Waals surface area contributed by atoms with Crippen LogP contribution >= 0.6 is 0 Å². The molecule has 0 aliphatic carbocycles. The third-order valence-corrected chi connectivity index (χ3v) is 2.96. The maximum absolute atomic E-state index is 11.8. The molecule has 0 N–H and O–H groups in total. The second kappa shape index (κ2) is 7.43. The molecular formula is C15H25NO4. The minimum atomic E-state index is -0.477. The Balaban J connectivity index is 2.42. The van der Waals surface area contributed by atoms with E-state index in [9.17, 15) is 9.59 Å². The number of rotatable bonds is 5. The zero-order chi connectivity index (χ0) is 15.2. The van der Waals surface area contributed by atoms with Gasteiger partial charge in [-0.25, -0.2) is 0 Å². The van der Waals surface area contributed by atoms with Crippen LogP contribution in [-0.2, 0) is 19.1 Å². The number of esters is 2. The Morgan fingerprint density at radius 2 is 2.10 bits per heavy atom. The minimum absolute atomic E-state index is 0.161. The fraction of sp³-hybridized carbons (Fsp3) is 0.733. The van der Waals surface area contributed by atoms with Crippen molar-refractivity contribution in [3.63, 3.8) is 0 Å². The van der Waals surface area contributed by atoms with Crippen LogP contribution in [0.5, 0.6) is 0 Å². The Hall–Kier alpha value is -1.36. The van der Waals surface area contributed by atoms with Crippen molar-refractivity contribution in [2.45, 2.75) is 39.2 Å². The van der Waals surface area contributed by atoms with Crippen LogP contribution < -0.4 is 0 Å². The molecule has 1 aliphatic heterocycles. The van der Waals surface area contributed by atoms with Gasteiger partial charge in [-0.05, 0) is 40.2 Å². The van der Waals surface area contributed by atoms with Crippen molar-refractivity contribution in [3.8, 4) is 0 Å². The van der Waals surface area contributed by atoms with Crippen LogP contribution in [0.15, 0.2) is 12.7 Å². The quantitative estimate of drug-likeness (QED) is 0.568. The maximum Gasteiger partial charge on any atom is 0.320 e. The highest BCUT2D eigenvalue weighted by Gasteiger charge is 2.28. The highest BCUT2D eigenvalue weighted by atomic mass is 16.6. The molecule has 1 aliphatic rings. The highest BCUT2D eigenvalue weighted by Crippen LogP contribution is 2.18. The summed E-state index contributed by atoms with van der Waals surface area (Å²) in [6.07, 6.45) is 3.25. The van der Waals surface area contributed by atoms with Gasteiger partial charge in [-0.15, -0.1) is 0 Å². The van der Waals surface area contributed by atoms with Crippen LogP contribution in [0.1, 0.15) is 33.6 Å². The van der Waals surface area contributed by atoms with Gasteiger partial charge in [0.2, 0.25) is 0 Å². The topological polar surface area (TPSA) is 55.8 Å². The summed E-state index contributed by atoms with van der Waals surface area (Å²) in [6, 6.07) is 0. The highest BCUT2D eigenvalue weighted by molar-refractivity contribution is 5.74. The molecule has 0 bridgehead atoms. The largest absolute Gasteiger partial charge is 0.461 e. The van der Waals surface area contributed by atoms with E-state index in [-0.39, 0.29) is 31.0 Å². The van der Waals surface area contributed by atoms with E-state index < -0.39 is 5.60 Å². The molecule has 0 aromatic heterocycles. The van der Waals surface area contributed by atoms with Crippen molar-refractivity contribution in [1.82, 2.24) is 4.90 Å². The Kier molecular flexibility index (Phi) is 6.20. The molecule has 5 heteroatoms. The lowest BCUT2D eigenvalue weighted by Crippen LogP contribution is -2.43. The van der Waals surface area contributed by atoms with Crippen molar-refractivity contribution >= 4 is 11.9 Å². The van der Waals surface area contributed by atoms with Crippen LogP contribution in [0.25, 0.3) is 0 Å². The summed E-state index contributed by atoms with van der Waals surface area (Å²) in [6.45, 7) is 10.9. The van der Waals surface area contributed by atoms with E-state index in [1.165, 1.54) is 0 Å². The molecule has 1 fully saturated rings. The average molecular weight is 283 g/mol. The van der Waals surface area contributed by atoms with Crippen LogP contribution in [-0.4, -0.2) is 48.7 Å². The third-order valence-electron chi connectivity index (χ3n) is 2.96. The first-order chi connectivity index (χ1) is 9.31. The summed E-state index contributed by atoms with van der Waals surface area (Å²) in [5.74, 6) is -0.623. The van der Waals surface area contributed by atoms with Crippen LogP contribution in [0.4, 0.5) is 0 Å². The van der Waals surface area contributed by atoms with E-state index in [1.54, 1.807) is 6.08 Å². The summed E-state index contributed by atoms with van der Waals surface area (Å²) in [4.78, 5) is 25.5. The van der Waals surface area contributed by atoms with E-state index in [4.69, 9.17) is 9.47 Å². The molecule has 1 saturated heterocycles. The van der Waals surface area contributed by atoms with Crippen molar-refractivity contribution in [2.24, 2.45) is 5.92 Å². The van der Waals surface area contributed by atoms with Crippen molar-refractivity contribution < 1.29 is 19.1 Å². The average Bonchev–Trinajstić information content (AvgIpc) is 2.33. The molecule has 1 unspecified atom stereocenters. The SMILES string of the molecule is C=CCOC(=O)C1CCCN(CC(=O)OC(C)(C)C)C1. The second-order valence-corrected chi connectivity index (χ2v) is 6.08. The summed E-state index contributed by atoms with van der Waals surface area (Å²) in [5, 5.41) is 0. The summed E-state index contributed by atoms with van der Waals surface area (Å²) < 4.78 is 10.4. The first-order valence-electron chi connectivity index (χ1n) is 7.03. The maximum atomic E-state index is 11.8. The van der Waals surface area contributed by atoms with E-state index in [1.807, 2.05) is 25.7 Å². The second-order valence-electron chi connectivity index (χ2n) is 6.08. The van der Waals surface area contributed by atoms with Crippen molar-refractivity contribution in [1.29, 1.82) is 0 Å². The molecule has 0 radical (unpaired) electrons. The Morgan fingerprint density at radius 1 is 1.40 bits per heavy atom. The van der Waals surface area contributed by atoms with Gasteiger partial charge in [0.05, 0.1) is 12.5 Å². The molecule has 0 spiro atoms. The molecule has 0 aromatic carbocycles. The Morgan fingerprint density at radius 3 is 2.70 bits per heavy atom. The zero-order valence-corrected chi connectivity index (χ0v) is 12.7.